The molecular formula is C16H20N2O3. The molecule has 0 radical (unpaired) electrons. The van der Waals surface area contributed by atoms with Crippen LogP contribution >= 0.6 is 0 Å². The van der Waals surface area contributed by atoms with Crippen LogP contribution in [0.3, 0.4) is 0 Å². The summed E-state index contributed by atoms with van der Waals surface area (Å²) in [6.07, 6.45) is 5.33. The number of benzene rings is 1. The van der Waals surface area contributed by atoms with Crippen LogP contribution in [0.4, 0.5) is 10.5 Å². The first-order chi connectivity index (χ1) is 10.1. The molecule has 5 nitrogen and oxygen atoms in total. The van der Waals surface area contributed by atoms with Crippen LogP contribution in [-0.2, 0) is 6.42 Å². The molecule has 0 unspecified atom stereocenters. The summed E-state index contributed by atoms with van der Waals surface area (Å²) in [5, 5.41) is 12.0. The Hall–Kier alpha value is -2.04. The molecule has 1 aromatic rings. The van der Waals surface area contributed by atoms with E-state index >= 15 is 0 Å². The zero-order chi connectivity index (χ0) is 14.8. The molecule has 1 saturated carbocycles. The van der Waals surface area contributed by atoms with Gasteiger partial charge in [0, 0.05) is 18.8 Å². The maximum atomic E-state index is 12.3. The summed E-state index contributed by atoms with van der Waals surface area (Å²) in [4.78, 5) is 25.0. The lowest BCUT2D eigenvalue weighted by atomic mass is 9.99. The Bertz CT molecular complexity index is 567. The largest absolute Gasteiger partial charge is 0.478 e. The van der Waals surface area contributed by atoms with E-state index in [0.29, 0.717) is 6.54 Å². The third kappa shape index (κ3) is 3.17. The zero-order valence-corrected chi connectivity index (χ0v) is 12.0. The van der Waals surface area contributed by atoms with Crippen molar-refractivity contribution in [2.45, 2.75) is 32.1 Å². The molecular weight excluding hydrogens is 268 g/mol. The van der Waals surface area contributed by atoms with E-state index in [1.807, 2.05) is 0 Å². The summed E-state index contributed by atoms with van der Waals surface area (Å²) in [6.45, 7) is 1.41. The monoisotopic (exact) mass is 288 g/mol. The van der Waals surface area contributed by atoms with Gasteiger partial charge in [-0.05, 0) is 48.9 Å². The van der Waals surface area contributed by atoms with E-state index in [4.69, 9.17) is 5.11 Å². The second-order valence-corrected chi connectivity index (χ2v) is 5.87. The number of hydrogen-bond acceptors (Lipinski definition) is 2. The van der Waals surface area contributed by atoms with Crippen LogP contribution in [0, 0.1) is 5.92 Å². The Morgan fingerprint density at radius 2 is 2.14 bits per heavy atom. The van der Waals surface area contributed by atoms with Gasteiger partial charge in [0.15, 0.2) is 0 Å². The van der Waals surface area contributed by atoms with Crippen LogP contribution in [0.15, 0.2) is 18.2 Å². The number of nitrogens with one attached hydrogen (secondary N) is 1. The Morgan fingerprint density at radius 3 is 2.86 bits per heavy atom. The number of urea groups is 1. The summed E-state index contributed by atoms with van der Waals surface area (Å²) < 4.78 is 0. The average molecular weight is 288 g/mol. The third-order valence-electron chi connectivity index (χ3n) is 4.22. The van der Waals surface area contributed by atoms with Crippen molar-refractivity contribution in [2.24, 2.45) is 5.92 Å². The molecule has 1 aliphatic carbocycles. The number of aromatic carboxylic acids is 1. The number of carboxylic acid groups (broad SMARTS) is 1. The lowest BCUT2D eigenvalue weighted by molar-refractivity contribution is 0.0696. The second kappa shape index (κ2) is 5.76. The fraction of sp³-hybridized carbons (Fsp3) is 0.500. The zero-order valence-electron chi connectivity index (χ0n) is 12.0. The molecule has 1 heterocycles. The van der Waals surface area contributed by atoms with Gasteiger partial charge in [-0.1, -0.05) is 12.8 Å². The topological polar surface area (TPSA) is 69.6 Å². The first-order valence-corrected chi connectivity index (χ1v) is 7.57. The van der Waals surface area contributed by atoms with Crippen molar-refractivity contribution in [3.63, 3.8) is 0 Å². The highest BCUT2D eigenvalue weighted by Crippen LogP contribution is 2.32. The van der Waals surface area contributed by atoms with E-state index < -0.39 is 5.97 Å². The summed E-state index contributed by atoms with van der Waals surface area (Å²) >= 11 is 0. The standard InChI is InChI=1S/C16H20N2O3/c19-15(20)13-5-6-14-12(10-13)2-1-9-18(14)16(21)17-8-7-11-3-4-11/h5-6,10-11H,1-4,7-9H2,(H,17,21)(H,19,20). The van der Waals surface area contributed by atoms with Crippen molar-refractivity contribution in [1.82, 2.24) is 5.32 Å². The predicted octanol–water partition coefficient (Wildman–Crippen LogP) is 2.65. The Balaban J connectivity index is 1.69. The minimum absolute atomic E-state index is 0.0697. The van der Waals surface area contributed by atoms with Gasteiger partial charge in [-0.15, -0.1) is 0 Å². The van der Waals surface area contributed by atoms with Crippen LogP contribution in [0.5, 0.6) is 0 Å². The van der Waals surface area contributed by atoms with Crippen molar-refractivity contribution in [3.05, 3.63) is 29.3 Å². The van der Waals surface area contributed by atoms with Gasteiger partial charge in [0.1, 0.15) is 0 Å². The molecule has 2 N–H and O–H groups in total. The van der Waals surface area contributed by atoms with Gasteiger partial charge >= 0.3 is 12.0 Å². The van der Waals surface area contributed by atoms with Crippen LogP contribution < -0.4 is 10.2 Å². The minimum Gasteiger partial charge on any atom is -0.478 e. The van der Waals surface area contributed by atoms with Crippen LogP contribution in [0.1, 0.15) is 41.6 Å². The summed E-state index contributed by atoms with van der Waals surface area (Å²) in [5.74, 6) is -0.124. The summed E-state index contributed by atoms with van der Waals surface area (Å²) in [7, 11) is 0. The molecule has 1 fully saturated rings. The predicted molar refractivity (Wildman–Crippen MR) is 79.8 cm³/mol. The number of aryl methyl sites for hydroxylation is 1. The van der Waals surface area contributed by atoms with Gasteiger partial charge in [0.05, 0.1) is 5.56 Å². The molecule has 1 aromatic carbocycles. The van der Waals surface area contributed by atoms with E-state index in [1.165, 1.54) is 12.8 Å². The fourth-order valence-electron chi connectivity index (χ4n) is 2.83. The lowest BCUT2D eigenvalue weighted by Crippen LogP contribution is -2.43. The number of hydrogen-bond donors (Lipinski definition) is 2. The molecule has 3 rings (SSSR count). The van der Waals surface area contributed by atoms with E-state index in [0.717, 1.165) is 43.0 Å². The van der Waals surface area contributed by atoms with E-state index in [2.05, 4.69) is 5.32 Å². The van der Waals surface area contributed by atoms with E-state index in [-0.39, 0.29) is 11.6 Å². The van der Waals surface area contributed by atoms with Crippen LogP contribution in [0.25, 0.3) is 0 Å². The first-order valence-electron chi connectivity index (χ1n) is 7.57. The maximum Gasteiger partial charge on any atom is 0.335 e. The van der Waals surface area contributed by atoms with Crippen LogP contribution in [0.2, 0.25) is 0 Å². The molecule has 0 aromatic heterocycles. The Kier molecular flexibility index (Phi) is 3.82. The van der Waals surface area contributed by atoms with Crippen molar-refractivity contribution in [3.8, 4) is 0 Å². The molecule has 112 valence electrons. The molecule has 2 aliphatic rings. The Labute approximate surface area is 123 Å². The smallest absolute Gasteiger partial charge is 0.335 e. The highest BCUT2D eigenvalue weighted by molar-refractivity contribution is 5.95. The maximum absolute atomic E-state index is 12.3. The highest BCUT2D eigenvalue weighted by atomic mass is 16.4. The number of carboxylic acids is 1. The number of carbonyl (C=O) groups excluding carboxylic acids is 1. The normalized spacial score (nSPS) is 17.2. The highest BCUT2D eigenvalue weighted by Gasteiger charge is 2.24. The van der Waals surface area contributed by atoms with Crippen LogP contribution in [-0.4, -0.2) is 30.2 Å². The number of rotatable bonds is 4. The molecule has 0 bridgehead atoms. The van der Waals surface area contributed by atoms with Gasteiger partial charge in [-0.25, -0.2) is 9.59 Å². The van der Waals surface area contributed by atoms with Crippen molar-refractivity contribution >= 4 is 17.7 Å². The molecule has 1 aliphatic heterocycles. The van der Waals surface area contributed by atoms with E-state index in [1.54, 1.807) is 23.1 Å². The molecule has 21 heavy (non-hydrogen) atoms. The van der Waals surface area contributed by atoms with E-state index in [9.17, 15) is 9.59 Å². The number of amides is 2. The van der Waals surface area contributed by atoms with Crippen molar-refractivity contribution < 1.29 is 14.7 Å². The van der Waals surface area contributed by atoms with Crippen molar-refractivity contribution in [1.29, 1.82) is 0 Å². The average Bonchev–Trinajstić information content (AvgIpc) is 3.30. The fourth-order valence-corrected chi connectivity index (χ4v) is 2.83. The van der Waals surface area contributed by atoms with Gasteiger partial charge < -0.3 is 10.4 Å². The lowest BCUT2D eigenvalue weighted by Gasteiger charge is -2.29. The number of nitrogens with zero attached hydrogens (tertiary/aromatic N) is 1. The summed E-state index contributed by atoms with van der Waals surface area (Å²) in [5.41, 5.74) is 2.07. The number of anilines is 1. The molecule has 0 saturated heterocycles. The quantitative estimate of drug-likeness (QED) is 0.895. The SMILES string of the molecule is O=C(O)c1ccc2c(c1)CCCN2C(=O)NCCC1CC1. The molecule has 0 atom stereocenters. The first kappa shape index (κ1) is 13.9. The molecule has 2 amide bonds. The summed E-state index contributed by atoms with van der Waals surface area (Å²) in [6, 6.07) is 4.93. The molecule has 5 heteroatoms. The number of fused-ring (bicyclic) bond motifs is 1. The second-order valence-electron chi connectivity index (χ2n) is 5.87. The van der Waals surface area contributed by atoms with Gasteiger partial charge in [0.25, 0.3) is 0 Å². The van der Waals surface area contributed by atoms with Gasteiger partial charge in [-0.2, -0.15) is 0 Å². The number of carbonyl (C=O) groups is 2. The third-order valence-corrected chi connectivity index (χ3v) is 4.22. The molecule has 0 spiro atoms. The minimum atomic E-state index is -0.927. The van der Waals surface area contributed by atoms with Gasteiger partial charge in [0.2, 0.25) is 0 Å². The van der Waals surface area contributed by atoms with Crippen molar-refractivity contribution in [2.75, 3.05) is 18.0 Å². The van der Waals surface area contributed by atoms with Gasteiger partial charge in [-0.3, -0.25) is 4.90 Å². The Morgan fingerprint density at radius 1 is 1.33 bits per heavy atom.